The van der Waals surface area contributed by atoms with E-state index in [4.69, 9.17) is 46.9 Å². The van der Waals surface area contributed by atoms with E-state index in [0.717, 1.165) is 5.56 Å². The lowest BCUT2D eigenvalue weighted by molar-refractivity contribution is -0.143. The molecule has 0 saturated heterocycles. The first-order chi connectivity index (χ1) is 24.5. The average molecular weight is 821 g/mol. The smallest absolute Gasteiger partial charge is 0.343 e. The Bertz CT molecular complexity index is 2200. The van der Waals surface area contributed by atoms with Crippen molar-refractivity contribution in [3.05, 3.63) is 111 Å². The van der Waals surface area contributed by atoms with Gasteiger partial charge in [0.25, 0.3) is 5.56 Å². The van der Waals surface area contributed by atoms with E-state index >= 15 is 0 Å². The molecule has 4 aromatic rings. The Morgan fingerprint density at radius 1 is 0.980 bits per heavy atom. The van der Waals surface area contributed by atoms with Gasteiger partial charge in [0.05, 0.1) is 53.8 Å². The van der Waals surface area contributed by atoms with Gasteiger partial charge in [0.1, 0.15) is 6.61 Å². The molecule has 51 heavy (non-hydrogen) atoms. The van der Waals surface area contributed by atoms with Crippen molar-refractivity contribution >= 4 is 68.5 Å². The highest BCUT2D eigenvalue weighted by atomic mass is 79.9. The van der Waals surface area contributed by atoms with Gasteiger partial charge in [-0.2, -0.15) is 0 Å². The number of allylic oxidation sites excluding steroid dienone is 1. The summed E-state index contributed by atoms with van der Waals surface area (Å²) in [6.45, 7) is 5.45. The van der Waals surface area contributed by atoms with Gasteiger partial charge in [-0.25, -0.2) is 14.6 Å². The number of esters is 2. The zero-order valence-corrected chi connectivity index (χ0v) is 32.1. The van der Waals surface area contributed by atoms with Gasteiger partial charge in [-0.3, -0.25) is 9.36 Å². The lowest BCUT2D eigenvalue weighted by Gasteiger charge is -2.25. The van der Waals surface area contributed by atoms with Gasteiger partial charge in [-0.1, -0.05) is 46.7 Å². The number of nitrogens with zero attached hydrogens (tertiary/aromatic N) is 2. The minimum atomic E-state index is -0.909. The minimum absolute atomic E-state index is 0.125. The van der Waals surface area contributed by atoms with E-state index in [2.05, 4.69) is 25.7 Å². The molecule has 0 saturated carbocycles. The van der Waals surface area contributed by atoms with Crippen molar-refractivity contribution < 1.29 is 38.0 Å². The number of fused-ring (bicyclic) bond motifs is 1. The Morgan fingerprint density at radius 3 is 2.45 bits per heavy atom. The summed E-state index contributed by atoms with van der Waals surface area (Å²) in [5.74, 6) is 0.305. The zero-order valence-electron chi connectivity index (χ0n) is 28.2. The van der Waals surface area contributed by atoms with Crippen molar-refractivity contribution in [1.82, 2.24) is 4.57 Å². The van der Waals surface area contributed by atoms with Crippen LogP contribution in [0, 0.1) is 0 Å². The van der Waals surface area contributed by atoms with E-state index in [9.17, 15) is 14.4 Å². The highest BCUT2D eigenvalue weighted by molar-refractivity contribution is 9.10. The molecule has 0 aliphatic carbocycles. The van der Waals surface area contributed by atoms with Crippen LogP contribution in [0.2, 0.25) is 10.0 Å². The number of hydrogen-bond donors (Lipinski definition) is 0. The first-order valence-electron chi connectivity index (χ1n) is 15.6. The van der Waals surface area contributed by atoms with Gasteiger partial charge < -0.3 is 28.4 Å². The van der Waals surface area contributed by atoms with E-state index in [1.54, 1.807) is 75.4 Å². The van der Waals surface area contributed by atoms with Gasteiger partial charge in [-0.05, 0) is 90.3 Å². The molecule has 0 N–H and O–H groups in total. The van der Waals surface area contributed by atoms with E-state index < -0.39 is 18.0 Å². The molecule has 0 spiro atoms. The summed E-state index contributed by atoms with van der Waals surface area (Å²) in [5.41, 5.74) is 2.15. The van der Waals surface area contributed by atoms with Crippen molar-refractivity contribution in [2.75, 3.05) is 34.0 Å². The summed E-state index contributed by atoms with van der Waals surface area (Å²) in [4.78, 5) is 44.4. The van der Waals surface area contributed by atoms with Crippen LogP contribution in [-0.4, -0.2) is 50.5 Å². The van der Waals surface area contributed by atoms with Crippen molar-refractivity contribution in [3.8, 4) is 23.0 Å². The number of methoxy groups -OCH3 is 2. The number of thiazole rings is 1. The molecule has 0 unspecified atom stereocenters. The maximum absolute atomic E-state index is 14.3. The fraction of sp³-hybridized carbons (Fsp3) is 0.278. The van der Waals surface area contributed by atoms with Crippen LogP contribution in [0.3, 0.4) is 0 Å². The molecule has 0 amide bonds. The van der Waals surface area contributed by atoms with Crippen LogP contribution in [0.4, 0.5) is 0 Å². The molecule has 268 valence electrons. The molecule has 0 fully saturated rings. The van der Waals surface area contributed by atoms with Gasteiger partial charge in [0, 0.05) is 15.6 Å². The van der Waals surface area contributed by atoms with Gasteiger partial charge in [0.15, 0.2) is 34.4 Å². The van der Waals surface area contributed by atoms with Gasteiger partial charge in [0.2, 0.25) is 0 Å². The predicted molar refractivity (Wildman–Crippen MR) is 197 cm³/mol. The van der Waals surface area contributed by atoms with Crippen LogP contribution in [0.5, 0.6) is 23.0 Å². The van der Waals surface area contributed by atoms with Crippen LogP contribution < -0.4 is 33.8 Å². The molecule has 15 heteroatoms. The van der Waals surface area contributed by atoms with E-state index in [-0.39, 0.29) is 37.6 Å². The molecule has 5 rings (SSSR count). The molecular weight excluding hydrogens is 787 g/mol. The number of carbonyl (C=O) groups is 2. The average Bonchev–Trinajstić information content (AvgIpc) is 3.40. The number of ether oxygens (including phenoxy) is 6. The summed E-state index contributed by atoms with van der Waals surface area (Å²) in [6, 6.07) is 12.8. The number of halogens is 3. The standard InChI is InChI=1S/C36H33BrCl2N2O9S/c1-6-47-27-15-21(9-11-26(27)49-18-30(42)46-5)32-31(35(44)48-7-2)19(3)40-36-41(32)34(43)29(51-36)14-20-12-24(37)33(28(13-20)45-4)50-17-22-8-10-23(38)16-25(22)39/h8-16,32H,6-7,17-18H2,1-5H3/b29-14-/t32-/m0/s1. The fourth-order valence-electron chi connectivity index (χ4n) is 5.29. The number of hydrogen-bond acceptors (Lipinski definition) is 11. The quantitative estimate of drug-likeness (QED) is 0.141. The monoisotopic (exact) mass is 818 g/mol. The van der Waals surface area contributed by atoms with Gasteiger partial charge in [-0.15, -0.1) is 0 Å². The number of rotatable bonds is 13. The second-order valence-electron chi connectivity index (χ2n) is 10.9. The molecule has 1 aliphatic heterocycles. The number of carbonyl (C=O) groups excluding carboxylic acids is 2. The minimum Gasteiger partial charge on any atom is -0.493 e. The first kappa shape index (κ1) is 37.9. The summed E-state index contributed by atoms with van der Waals surface area (Å²) in [5, 5.41) is 0.993. The summed E-state index contributed by atoms with van der Waals surface area (Å²) in [7, 11) is 2.78. The zero-order chi connectivity index (χ0) is 36.8. The van der Waals surface area contributed by atoms with Crippen molar-refractivity contribution in [2.24, 2.45) is 4.99 Å². The third-order valence-corrected chi connectivity index (χ3v) is 9.77. The molecule has 11 nitrogen and oxygen atoms in total. The van der Waals surface area contributed by atoms with Crippen LogP contribution >= 0.6 is 50.5 Å². The Labute approximate surface area is 315 Å². The summed E-state index contributed by atoms with van der Waals surface area (Å²) < 4.78 is 35.7. The van der Waals surface area contributed by atoms with E-state index in [0.29, 0.717) is 63.7 Å². The second-order valence-corrected chi connectivity index (χ2v) is 13.6. The van der Waals surface area contributed by atoms with Crippen molar-refractivity contribution in [3.63, 3.8) is 0 Å². The third-order valence-electron chi connectivity index (χ3n) is 7.61. The Morgan fingerprint density at radius 2 is 1.76 bits per heavy atom. The summed E-state index contributed by atoms with van der Waals surface area (Å²) >= 11 is 17.1. The normalized spacial score (nSPS) is 14.0. The molecule has 2 heterocycles. The van der Waals surface area contributed by atoms with Crippen LogP contribution in [0.1, 0.15) is 43.5 Å². The Hall–Kier alpha value is -4.30. The maximum Gasteiger partial charge on any atom is 0.343 e. The molecule has 1 aromatic heterocycles. The van der Waals surface area contributed by atoms with Crippen LogP contribution in [-0.2, 0) is 25.7 Å². The molecule has 3 aromatic carbocycles. The number of aromatic nitrogens is 1. The SMILES string of the molecule is CCOC(=O)C1=C(C)N=c2s/c(=C\c3cc(Br)c(OCc4ccc(Cl)cc4Cl)c(OC)c3)c(=O)n2[C@H]1c1ccc(OCC(=O)OC)c(OCC)c1. The topological polar surface area (TPSA) is 124 Å². The van der Waals surface area contributed by atoms with E-state index in [1.165, 1.54) is 30.1 Å². The molecule has 0 bridgehead atoms. The summed E-state index contributed by atoms with van der Waals surface area (Å²) in [6.07, 6.45) is 1.72. The van der Waals surface area contributed by atoms with Crippen LogP contribution in [0.15, 0.2) is 74.1 Å². The number of benzene rings is 3. The molecule has 0 radical (unpaired) electrons. The lowest BCUT2D eigenvalue weighted by Crippen LogP contribution is -2.40. The molecular formula is C36H33BrCl2N2O9S. The predicted octanol–water partition coefficient (Wildman–Crippen LogP) is 6.41. The van der Waals surface area contributed by atoms with Gasteiger partial charge >= 0.3 is 11.9 Å². The molecule has 1 aliphatic rings. The lowest BCUT2D eigenvalue weighted by atomic mass is 9.95. The first-order valence-corrected chi connectivity index (χ1v) is 18.0. The largest absolute Gasteiger partial charge is 0.493 e. The second kappa shape index (κ2) is 16.8. The highest BCUT2D eigenvalue weighted by Crippen LogP contribution is 2.39. The Balaban J connectivity index is 1.58. The van der Waals surface area contributed by atoms with Crippen molar-refractivity contribution in [1.29, 1.82) is 0 Å². The van der Waals surface area contributed by atoms with E-state index in [1.807, 2.05) is 0 Å². The maximum atomic E-state index is 14.3. The van der Waals surface area contributed by atoms with Crippen LogP contribution in [0.25, 0.3) is 6.08 Å². The molecule has 1 atom stereocenters. The fourth-order valence-corrected chi connectivity index (χ4v) is 7.37. The Kier molecular flexibility index (Phi) is 12.5. The third kappa shape index (κ3) is 8.44. The highest BCUT2D eigenvalue weighted by Gasteiger charge is 2.34. The van der Waals surface area contributed by atoms with Crippen molar-refractivity contribution in [2.45, 2.75) is 33.4 Å².